The quantitative estimate of drug-likeness (QED) is 0.486. The van der Waals surface area contributed by atoms with Gasteiger partial charge in [-0.2, -0.15) is 0 Å². The molecule has 1 aliphatic carbocycles. The first-order valence-corrected chi connectivity index (χ1v) is 7.86. The van der Waals surface area contributed by atoms with E-state index >= 15 is 0 Å². The van der Waals surface area contributed by atoms with Crippen LogP contribution in [0.2, 0.25) is 0 Å². The van der Waals surface area contributed by atoms with Crippen molar-refractivity contribution in [2.45, 2.75) is 57.9 Å². The zero-order valence-electron chi connectivity index (χ0n) is 12.5. The van der Waals surface area contributed by atoms with Crippen LogP contribution in [0.15, 0.2) is 29.3 Å². The fourth-order valence-electron chi connectivity index (χ4n) is 2.54. The maximum absolute atomic E-state index is 6.11. The second kappa shape index (κ2) is 7.93. The fourth-order valence-corrected chi connectivity index (χ4v) is 2.54. The predicted molar refractivity (Wildman–Crippen MR) is 84.4 cm³/mol. The van der Waals surface area contributed by atoms with Gasteiger partial charge in [0.05, 0.1) is 12.6 Å². The highest BCUT2D eigenvalue weighted by Gasteiger charge is 2.12. The molecule has 3 nitrogen and oxygen atoms in total. The van der Waals surface area contributed by atoms with Crippen LogP contribution in [-0.4, -0.2) is 18.5 Å². The molecule has 1 aromatic carbocycles. The second-order valence-corrected chi connectivity index (χ2v) is 5.53. The van der Waals surface area contributed by atoms with Crippen molar-refractivity contribution in [1.29, 1.82) is 0 Å². The zero-order chi connectivity index (χ0) is 14.2. The van der Waals surface area contributed by atoms with Gasteiger partial charge in [0.25, 0.3) is 0 Å². The maximum Gasteiger partial charge on any atom is 0.125 e. The number of benzene rings is 1. The molecule has 1 saturated carbocycles. The van der Waals surface area contributed by atoms with Crippen molar-refractivity contribution in [2.75, 3.05) is 6.61 Å². The predicted octanol–water partition coefficient (Wildman–Crippen LogP) is 3.90. The minimum Gasteiger partial charge on any atom is -0.494 e. The van der Waals surface area contributed by atoms with Gasteiger partial charge in [-0.3, -0.25) is 4.99 Å². The summed E-state index contributed by atoms with van der Waals surface area (Å²) in [5, 5.41) is 0. The number of aliphatic imine (C=N–C) groups is 1. The minimum absolute atomic E-state index is 0.421. The Balaban J connectivity index is 1.92. The Morgan fingerprint density at radius 3 is 2.55 bits per heavy atom. The van der Waals surface area contributed by atoms with Gasteiger partial charge in [0.1, 0.15) is 11.6 Å². The molecule has 1 aromatic rings. The standard InChI is InChI=1S/C17H26N2O/c1-2-3-13-20-16-11-9-14(10-12-16)17(18)19-15-7-5-4-6-8-15/h9-12,15H,2-8,13H2,1H3,(H2,18,19). The van der Waals surface area contributed by atoms with Crippen LogP contribution in [0.4, 0.5) is 0 Å². The smallest absolute Gasteiger partial charge is 0.125 e. The normalized spacial score (nSPS) is 17.1. The van der Waals surface area contributed by atoms with E-state index in [1.165, 1.54) is 32.1 Å². The summed E-state index contributed by atoms with van der Waals surface area (Å²) in [5.41, 5.74) is 7.11. The lowest BCUT2D eigenvalue weighted by Crippen LogP contribution is -2.19. The van der Waals surface area contributed by atoms with Crippen LogP contribution in [-0.2, 0) is 0 Å². The first kappa shape index (κ1) is 14.9. The van der Waals surface area contributed by atoms with Crippen molar-refractivity contribution in [2.24, 2.45) is 10.7 Å². The van der Waals surface area contributed by atoms with Crippen LogP contribution in [0.5, 0.6) is 5.75 Å². The van der Waals surface area contributed by atoms with Crippen molar-refractivity contribution < 1.29 is 4.74 Å². The van der Waals surface area contributed by atoms with Crippen molar-refractivity contribution >= 4 is 5.84 Å². The number of amidine groups is 1. The molecule has 2 rings (SSSR count). The van der Waals surface area contributed by atoms with Gasteiger partial charge in [-0.25, -0.2) is 0 Å². The van der Waals surface area contributed by atoms with Gasteiger partial charge in [-0.1, -0.05) is 32.6 Å². The van der Waals surface area contributed by atoms with Gasteiger partial charge in [-0.05, 0) is 43.5 Å². The van der Waals surface area contributed by atoms with E-state index in [-0.39, 0.29) is 0 Å². The number of nitrogens with two attached hydrogens (primary N) is 1. The fraction of sp³-hybridized carbons (Fsp3) is 0.588. The molecule has 0 radical (unpaired) electrons. The summed E-state index contributed by atoms with van der Waals surface area (Å²) in [6.45, 7) is 2.94. The SMILES string of the molecule is CCCCOc1ccc(C(N)=NC2CCCCC2)cc1. The Kier molecular flexibility index (Phi) is 5.90. The van der Waals surface area contributed by atoms with Crippen LogP contribution >= 0.6 is 0 Å². The van der Waals surface area contributed by atoms with E-state index in [9.17, 15) is 0 Å². The molecule has 0 amide bonds. The Labute approximate surface area is 122 Å². The highest BCUT2D eigenvalue weighted by Crippen LogP contribution is 2.21. The summed E-state index contributed by atoms with van der Waals surface area (Å²) < 4.78 is 5.65. The summed E-state index contributed by atoms with van der Waals surface area (Å²) in [5.74, 6) is 1.57. The Morgan fingerprint density at radius 2 is 1.90 bits per heavy atom. The highest BCUT2D eigenvalue weighted by atomic mass is 16.5. The minimum atomic E-state index is 0.421. The number of hydrogen-bond acceptors (Lipinski definition) is 2. The largest absolute Gasteiger partial charge is 0.494 e. The highest BCUT2D eigenvalue weighted by molar-refractivity contribution is 5.97. The van der Waals surface area contributed by atoms with E-state index in [2.05, 4.69) is 11.9 Å². The molecule has 0 spiro atoms. The van der Waals surface area contributed by atoms with Crippen molar-refractivity contribution in [3.8, 4) is 5.75 Å². The molecular weight excluding hydrogens is 248 g/mol. The molecule has 1 aliphatic rings. The topological polar surface area (TPSA) is 47.6 Å². The molecule has 2 N–H and O–H groups in total. The zero-order valence-corrected chi connectivity index (χ0v) is 12.5. The lowest BCUT2D eigenvalue weighted by molar-refractivity contribution is 0.309. The van der Waals surface area contributed by atoms with Gasteiger partial charge in [-0.15, -0.1) is 0 Å². The summed E-state index contributed by atoms with van der Waals surface area (Å²) in [6, 6.07) is 8.39. The van der Waals surface area contributed by atoms with Gasteiger partial charge in [0.2, 0.25) is 0 Å². The van der Waals surface area contributed by atoms with E-state index in [4.69, 9.17) is 10.5 Å². The van der Waals surface area contributed by atoms with Gasteiger partial charge < -0.3 is 10.5 Å². The molecule has 1 fully saturated rings. The number of ether oxygens (including phenoxy) is 1. The lowest BCUT2D eigenvalue weighted by atomic mass is 9.96. The van der Waals surface area contributed by atoms with E-state index in [1.807, 2.05) is 24.3 Å². The van der Waals surface area contributed by atoms with Crippen LogP contribution in [0.1, 0.15) is 57.4 Å². The van der Waals surface area contributed by atoms with Crippen molar-refractivity contribution in [3.05, 3.63) is 29.8 Å². The third-order valence-electron chi connectivity index (χ3n) is 3.81. The summed E-state index contributed by atoms with van der Waals surface area (Å²) in [7, 11) is 0. The number of rotatable bonds is 6. The molecule has 0 unspecified atom stereocenters. The van der Waals surface area contributed by atoms with Gasteiger partial charge in [0.15, 0.2) is 0 Å². The van der Waals surface area contributed by atoms with E-state index in [1.54, 1.807) is 0 Å². The van der Waals surface area contributed by atoms with Crippen LogP contribution < -0.4 is 10.5 Å². The first-order chi connectivity index (χ1) is 9.79. The molecule has 110 valence electrons. The van der Waals surface area contributed by atoms with Gasteiger partial charge in [0, 0.05) is 5.56 Å². The van der Waals surface area contributed by atoms with Crippen LogP contribution in [0.25, 0.3) is 0 Å². The average Bonchev–Trinajstić information content (AvgIpc) is 2.49. The molecule has 0 aromatic heterocycles. The molecule has 0 bridgehead atoms. The van der Waals surface area contributed by atoms with E-state index in [0.717, 1.165) is 30.8 Å². The first-order valence-electron chi connectivity index (χ1n) is 7.86. The van der Waals surface area contributed by atoms with E-state index in [0.29, 0.717) is 11.9 Å². The van der Waals surface area contributed by atoms with Crippen LogP contribution in [0, 0.1) is 0 Å². The third-order valence-corrected chi connectivity index (χ3v) is 3.81. The summed E-state index contributed by atoms with van der Waals surface area (Å²) in [4.78, 5) is 4.66. The number of nitrogens with zero attached hydrogens (tertiary/aromatic N) is 1. The molecule has 0 saturated heterocycles. The second-order valence-electron chi connectivity index (χ2n) is 5.53. The molecular formula is C17H26N2O. The summed E-state index contributed by atoms with van der Waals surface area (Å²) in [6.07, 6.45) is 8.51. The maximum atomic E-state index is 6.11. The third kappa shape index (κ3) is 4.55. The lowest BCUT2D eigenvalue weighted by Gasteiger charge is -2.18. The Bertz CT molecular complexity index is 419. The van der Waals surface area contributed by atoms with Crippen molar-refractivity contribution in [1.82, 2.24) is 0 Å². The summed E-state index contributed by atoms with van der Waals surface area (Å²) >= 11 is 0. The Morgan fingerprint density at radius 1 is 1.20 bits per heavy atom. The number of unbranched alkanes of at least 4 members (excludes halogenated alkanes) is 1. The number of hydrogen-bond donors (Lipinski definition) is 1. The van der Waals surface area contributed by atoms with E-state index < -0.39 is 0 Å². The van der Waals surface area contributed by atoms with Crippen molar-refractivity contribution in [3.63, 3.8) is 0 Å². The monoisotopic (exact) mass is 274 g/mol. The Hall–Kier alpha value is -1.51. The molecule has 3 heteroatoms. The van der Waals surface area contributed by atoms with Crippen LogP contribution in [0.3, 0.4) is 0 Å². The van der Waals surface area contributed by atoms with Gasteiger partial charge >= 0.3 is 0 Å². The molecule has 0 aliphatic heterocycles. The molecule has 0 heterocycles. The molecule has 0 atom stereocenters. The average molecular weight is 274 g/mol. The molecule has 20 heavy (non-hydrogen) atoms.